The molecule has 2 rings (SSSR count). The van der Waals surface area contributed by atoms with Gasteiger partial charge in [-0.15, -0.1) is 0 Å². The first kappa shape index (κ1) is 14.3. The van der Waals surface area contributed by atoms with Crippen LogP contribution in [-0.2, 0) is 6.42 Å². The molecule has 5 heteroatoms. The monoisotopic (exact) mass is 272 g/mol. The van der Waals surface area contributed by atoms with Gasteiger partial charge in [-0.1, -0.05) is 25.1 Å². The molecule has 1 aromatic carbocycles. The molecule has 2 aromatic rings. The van der Waals surface area contributed by atoms with Crippen LogP contribution in [0, 0.1) is 0 Å². The molecule has 106 valence electrons. The van der Waals surface area contributed by atoms with E-state index < -0.39 is 0 Å². The minimum Gasteiger partial charge on any atom is -0.354 e. The summed E-state index contributed by atoms with van der Waals surface area (Å²) in [7, 11) is 1.59. The normalized spacial score (nSPS) is 12.2. The Morgan fingerprint density at radius 1 is 1.40 bits per heavy atom. The van der Waals surface area contributed by atoms with Crippen molar-refractivity contribution in [2.75, 3.05) is 7.05 Å². The molecule has 5 nitrogen and oxygen atoms in total. The smallest absolute Gasteiger partial charge is 0.271 e. The number of amides is 1. The summed E-state index contributed by atoms with van der Waals surface area (Å²) in [6, 6.07) is 9.81. The van der Waals surface area contributed by atoms with Gasteiger partial charge >= 0.3 is 0 Å². The molecule has 1 aromatic heterocycles. The highest BCUT2D eigenvalue weighted by atomic mass is 16.1. The van der Waals surface area contributed by atoms with E-state index in [1.807, 2.05) is 24.3 Å². The van der Waals surface area contributed by atoms with Gasteiger partial charge in [0, 0.05) is 19.3 Å². The van der Waals surface area contributed by atoms with Gasteiger partial charge in [0.25, 0.3) is 5.91 Å². The van der Waals surface area contributed by atoms with E-state index in [1.54, 1.807) is 24.0 Å². The number of aromatic nitrogens is 2. The highest BCUT2D eigenvalue weighted by Gasteiger charge is 2.11. The minimum atomic E-state index is -0.188. The van der Waals surface area contributed by atoms with Gasteiger partial charge in [-0.05, 0) is 30.5 Å². The van der Waals surface area contributed by atoms with Crippen LogP contribution in [0.25, 0.3) is 5.69 Å². The Morgan fingerprint density at radius 3 is 2.85 bits per heavy atom. The summed E-state index contributed by atoms with van der Waals surface area (Å²) in [6.45, 7) is 2.07. The van der Waals surface area contributed by atoms with Crippen molar-refractivity contribution >= 4 is 5.91 Å². The van der Waals surface area contributed by atoms with Gasteiger partial charge in [-0.2, -0.15) is 5.10 Å². The van der Waals surface area contributed by atoms with Crippen molar-refractivity contribution in [2.45, 2.75) is 25.8 Å². The lowest BCUT2D eigenvalue weighted by atomic mass is 10.0. The number of carbonyl (C=O) groups excluding carboxylic acids is 1. The second kappa shape index (κ2) is 6.34. The first-order valence-corrected chi connectivity index (χ1v) is 6.77. The van der Waals surface area contributed by atoms with Gasteiger partial charge in [0.05, 0.1) is 5.69 Å². The Bertz CT molecular complexity index is 591. The Hall–Kier alpha value is -2.14. The summed E-state index contributed by atoms with van der Waals surface area (Å²) >= 11 is 0. The van der Waals surface area contributed by atoms with Gasteiger partial charge in [0.2, 0.25) is 0 Å². The Kier molecular flexibility index (Phi) is 4.53. The molecule has 0 spiro atoms. The maximum Gasteiger partial charge on any atom is 0.271 e. The number of rotatable bonds is 5. The molecular formula is C15H20N4O. The van der Waals surface area contributed by atoms with Crippen LogP contribution in [0.15, 0.2) is 36.5 Å². The average Bonchev–Trinajstić information content (AvgIpc) is 2.96. The zero-order valence-electron chi connectivity index (χ0n) is 11.8. The lowest BCUT2D eigenvalue weighted by Crippen LogP contribution is -2.22. The molecule has 1 amide bonds. The van der Waals surface area contributed by atoms with Crippen molar-refractivity contribution in [3.63, 3.8) is 0 Å². The van der Waals surface area contributed by atoms with Gasteiger partial charge in [0.15, 0.2) is 5.69 Å². The second-order valence-corrected chi connectivity index (χ2v) is 4.73. The fourth-order valence-corrected chi connectivity index (χ4v) is 2.04. The van der Waals surface area contributed by atoms with Crippen LogP contribution in [0.4, 0.5) is 0 Å². The summed E-state index contributed by atoms with van der Waals surface area (Å²) in [4.78, 5) is 11.6. The van der Waals surface area contributed by atoms with E-state index in [2.05, 4.69) is 17.3 Å². The van der Waals surface area contributed by atoms with Crippen LogP contribution >= 0.6 is 0 Å². The third-order valence-electron chi connectivity index (χ3n) is 3.29. The molecule has 1 unspecified atom stereocenters. The number of nitrogens with zero attached hydrogens (tertiary/aromatic N) is 2. The van der Waals surface area contributed by atoms with Crippen LogP contribution < -0.4 is 11.1 Å². The fourth-order valence-electron chi connectivity index (χ4n) is 2.04. The molecule has 3 N–H and O–H groups in total. The molecule has 0 aliphatic carbocycles. The fraction of sp³-hybridized carbons (Fsp3) is 0.333. The zero-order chi connectivity index (χ0) is 14.5. The van der Waals surface area contributed by atoms with Crippen LogP contribution in [0.2, 0.25) is 0 Å². The molecule has 0 aliphatic rings. The van der Waals surface area contributed by atoms with Gasteiger partial charge < -0.3 is 11.1 Å². The minimum absolute atomic E-state index is 0.130. The number of hydrogen-bond acceptors (Lipinski definition) is 3. The van der Waals surface area contributed by atoms with E-state index in [0.717, 1.165) is 24.1 Å². The molecule has 0 radical (unpaired) electrons. The molecule has 0 bridgehead atoms. The van der Waals surface area contributed by atoms with E-state index >= 15 is 0 Å². The zero-order valence-corrected chi connectivity index (χ0v) is 11.8. The third-order valence-corrected chi connectivity index (χ3v) is 3.29. The van der Waals surface area contributed by atoms with Crippen molar-refractivity contribution in [3.8, 4) is 5.69 Å². The maximum absolute atomic E-state index is 11.6. The van der Waals surface area contributed by atoms with Crippen LogP contribution in [0.3, 0.4) is 0 Å². The SMILES string of the molecule is CCC(N)Cc1ccccc1-n1ccc(C(=O)NC)n1. The highest BCUT2D eigenvalue weighted by Crippen LogP contribution is 2.16. The number of benzene rings is 1. The first-order valence-electron chi connectivity index (χ1n) is 6.77. The largest absolute Gasteiger partial charge is 0.354 e. The number of carbonyl (C=O) groups is 1. The van der Waals surface area contributed by atoms with E-state index in [1.165, 1.54) is 0 Å². The molecule has 0 aliphatic heterocycles. The number of nitrogens with two attached hydrogens (primary N) is 1. The van der Waals surface area contributed by atoms with Crippen molar-refractivity contribution in [3.05, 3.63) is 47.8 Å². The lowest BCUT2D eigenvalue weighted by molar-refractivity contribution is 0.0957. The Balaban J connectivity index is 2.32. The summed E-state index contributed by atoms with van der Waals surface area (Å²) < 4.78 is 1.72. The van der Waals surface area contributed by atoms with Crippen molar-refractivity contribution in [1.29, 1.82) is 0 Å². The topological polar surface area (TPSA) is 72.9 Å². The van der Waals surface area contributed by atoms with Crippen molar-refractivity contribution in [1.82, 2.24) is 15.1 Å². The summed E-state index contributed by atoms with van der Waals surface area (Å²) in [6.07, 6.45) is 3.51. The third kappa shape index (κ3) is 3.05. The van der Waals surface area contributed by atoms with Crippen LogP contribution in [-0.4, -0.2) is 28.8 Å². The molecule has 0 fully saturated rings. The quantitative estimate of drug-likeness (QED) is 0.866. The molecule has 0 saturated heterocycles. The Labute approximate surface area is 118 Å². The summed E-state index contributed by atoms with van der Waals surface area (Å²) in [5.41, 5.74) is 8.54. The first-order chi connectivity index (χ1) is 9.65. The summed E-state index contributed by atoms with van der Waals surface area (Å²) in [5, 5.41) is 6.88. The summed E-state index contributed by atoms with van der Waals surface area (Å²) in [5.74, 6) is -0.188. The standard InChI is InChI=1S/C15H20N4O/c1-3-12(16)10-11-6-4-5-7-14(11)19-9-8-13(18-19)15(20)17-2/h4-9,12H,3,10,16H2,1-2H3,(H,17,20). The molecule has 1 heterocycles. The highest BCUT2D eigenvalue weighted by molar-refractivity contribution is 5.91. The Morgan fingerprint density at radius 2 is 2.15 bits per heavy atom. The van der Waals surface area contributed by atoms with Crippen LogP contribution in [0.5, 0.6) is 0 Å². The van der Waals surface area contributed by atoms with Gasteiger partial charge in [-0.3, -0.25) is 4.79 Å². The van der Waals surface area contributed by atoms with E-state index in [9.17, 15) is 4.79 Å². The lowest BCUT2D eigenvalue weighted by Gasteiger charge is -2.13. The predicted molar refractivity (Wildman–Crippen MR) is 78.9 cm³/mol. The van der Waals surface area contributed by atoms with Crippen molar-refractivity contribution < 1.29 is 4.79 Å². The molecule has 1 atom stereocenters. The maximum atomic E-state index is 11.6. The van der Waals surface area contributed by atoms with E-state index in [-0.39, 0.29) is 11.9 Å². The molecule has 0 saturated carbocycles. The molecule has 20 heavy (non-hydrogen) atoms. The average molecular weight is 272 g/mol. The second-order valence-electron chi connectivity index (χ2n) is 4.73. The van der Waals surface area contributed by atoms with Crippen LogP contribution in [0.1, 0.15) is 29.4 Å². The molecular weight excluding hydrogens is 252 g/mol. The van der Waals surface area contributed by atoms with Gasteiger partial charge in [-0.25, -0.2) is 4.68 Å². The van der Waals surface area contributed by atoms with E-state index in [4.69, 9.17) is 5.73 Å². The number of nitrogens with one attached hydrogen (secondary N) is 1. The predicted octanol–water partition coefficient (Wildman–Crippen LogP) is 1.51. The number of para-hydroxylation sites is 1. The van der Waals surface area contributed by atoms with Crippen molar-refractivity contribution in [2.24, 2.45) is 5.73 Å². The van der Waals surface area contributed by atoms with E-state index in [0.29, 0.717) is 5.69 Å². The van der Waals surface area contributed by atoms with Gasteiger partial charge in [0.1, 0.15) is 0 Å². The number of hydrogen-bond donors (Lipinski definition) is 2.